The van der Waals surface area contributed by atoms with Gasteiger partial charge in [0.1, 0.15) is 0 Å². The molecule has 0 N–H and O–H groups in total. The first-order valence-electron chi connectivity index (χ1n) is 7.27. The molecule has 4 nitrogen and oxygen atoms in total. The molecule has 2 aliphatic heterocycles. The zero-order valence-corrected chi connectivity index (χ0v) is 12.8. The number of benzene rings is 1. The highest BCUT2D eigenvalue weighted by Gasteiger charge is 2.49. The lowest BCUT2D eigenvalue weighted by Crippen LogP contribution is -2.57. The van der Waals surface area contributed by atoms with Crippen LogP contribution in [-0.4, -0.2) is 49.6 Å². The molecule has 5 heteroatoms. The van der Waals surface area contributed by atoms with E-state index >= 15 is 0 Å². The molecular weight excluding hydrogens is 272 g/mol. The summed E-state index contributed by atoms with van der Waals surface area (Å²) in [7, 11) is -3.01. The van der Waals surface area contributed by atoms with Crippen LogP contribution >= 0.6 is 0 Å². The predicted octanol–water partition coefficient (Wildman–Crippen LogP) is 1.54. The Balaban J connectivity index is 1.56. The van der Waals surface area contributed by atoms with Crippen molar-refractivity contribution < 1.29 is 8.42 Å². The summed E-state index contributed by atoms with van der Waals surface area (Å²) in [5.41, 5.74) is 1.55. The summed E-state index contributed by atoms with van der Waals surface area (Å²) in [5.74, 6) is 0.219. The molecule has 0 atom stereocenters. The van der Waals surface area contributed by atoms with Crippen molar-refractivity contribution in [2.45, 2.75) is 19.9 Å². The Morgan fingerprint density at radius 2 is 1.85 bits per heavy atom. The average Bonchev–Trinajstić information content (AvgIpc) is 2.85. The summed E-state index contributed by atoms with van der Waals surface area (Å²) < 4.78 is 25.5. The molecule has 2 saturated heterocycles. The molecule has 0 unspecified atom stereocenters. The minimum Gasteiger partial charge on any atom is -0.298 e. The Bertz CT molecular complexity index is 565. The fourth-order valence-electron chi connectivity index (χ4n) is 3.43. The van der Waals surface area contributed by atoms with Crippen molar-refractivity contribution in [1.29, 1.82) is 0 Å². The van der Waals surface area contributed by atoms with Gasteiger partial charge in [0.2, 0.25) is 10.0 Å². The van der Waals surface area contributed by atoms with E-state index in [1.807, 2.05) is 6.07 Å². The van der Waals surface area contributed by atoms with Crippen LogP contribution in [0.25, 0.3) is 0 Å². The van der Waals surface area contributed by atoms with E-state index in [2.05, 4.69) is 29.2 Å². The normalized spacial score (nSPS) is 23.1. The summed E-state index contributed by atoms with van der Waals surface area (Å²) in [6.45, 7) is 6.17. The van der Waals surface area contributed by atoms with E-state index in [-0.39, 0.29) is 11.2 Å². The largest absolute Gasteiger partial charge is 0.298 e. The van der Waals surface area contributed by atoms with Crippen LogP contribution in [0.15, 0.2) is 30.3 Å². The van der Waals surface area contributed by atoms with Gasteiger partial charge in [-0.15, -0.1) is 0 Å². The van der Waals surface area contributed by atoms with Crippen LogP contribution < -0.4 is 0 Å². The highest BCUT2D eigenvalue weighted by molar-refractivity contribution is 7.89. The van der Waals surface area contributed by atoms with Crippen LogP contribution in [0.5, 0.6) is 0 Å². The summed E-state index contributed by atoms with van der Waals surface area (Å²) in [6.07, 6.45) is 1.01. The number of hydrogen-bond donors (Lipinski definition) is 0. The molecule has 0 saturated carbocycles. The number of likely N-dealkylation sites (tertiary alicyclic amines) is 1. The van der Waals surface area contributed by atoms with Crippen molar-refractivity contribution in [2.24, 2.45) is 5.41 Å². The zero-order chi connectivity index (χ0) is 14.2. The van der Waals surface area contributed by atoms with E-state index in [0.717, 1.165) is 26.1 Å². The van der Waals surface area contributed by atoms with E-state index in [4.69, 9.17) is 0 Å². The minimum absolute atomic E-state index is 0.219. The fraction of sp³-hybridized carbons (Fsp3) is 0.600. The standard InChI is InChI=1S/C15H22N2O2S/c1-2-20(18,19)17-9-8-15(13-17)11-16(12-15)10-14-6-4-3-5-7-14/h3-7H,2,8-13H2,1H3. The quantitative estimate of drug-likeness (QED) is 0.846. The molecule has 1 aromatic rings. The van der Waals surface area contributed by atoms with E-state index in [1.165, 1.54) is 5.56 Å². The van der Waals surface area contributed by atoms with Gasteiger partial charge in [-0.1, -0.05) is 30.3 Å². The number of rotatable bonds is 4. The van der Waals surface area contributed by atoms with Gasteiger partial charge in [0.25, 0.3) is 0 Å². The first kappa shape index (κ1) is 14.0. The molecule has 20 heavy (non-hydrogen) atoms. The highest BCUT2D eigenvalue weighted by Crippen LogP contribution is 2.41. The van der Waals surface area contributed by atoms with Crippen LogP contribution in [0.3, 0.4) is 0 Å². The summed E-state index contributed by atoms with van der Waals surface area (Å²) >= 11 is 0. The molecule has 1 aromatic carbocycles. The Morgan fingerprint density at radius 1 is 1.15 bits per heavy atom. The van der Waals surface area contributed by atoms with Crippen molar-refractivity contribution in [2.75, 3.05) is 31.9 Å². The number of sulfonamides is 1. The molecular formula is C15H22N2O2S. The van der Waals surface area contributed by atoms with Gasteiger partial charge >= 0.3 is 0 Å². The first-order valence-corrected chi connectivity index (χ1v) is 8.88. The third kappa shape index (κ3) is 2.62. The third-order valence-corrected chi connectivity index (χ3v) is 6.36. The van der Waals surface area contributed by atoms with Gasteiger partial charge in [0, 0.05) is 38.1 Å². The van der Waals surface area contributed by atoms with Gasteiger partial charge in [-0.3, -0.25) is 4.90 Å². The van der Waals surface area contributed by atoms with Gasteiger partial charge in [0.15, 0.2) is 0 Å². The maximum Gasteiger partial charge on any atom is 0.213 e. The Labute approximate surface area is 121 Å². The molecule has 2 aliphatic rings. The molecule has 2 heterocycles. The van der Waals surface area contributed by atoms with Gasteiger partial charge in [-0.05, 0) is 18.9 Å². The predicted molar refractivity (Wildman–Crippen MR) is 79.8 cm³/mol. The molecule has 1 spiro atoms. The van der Waals surface area contributed by atoms with E-state index in [9.17, 15) is 8.42 Å². The highest BCUT2D eigenvalue weighted by atomic mass is 32.2. The van der Waals surface area contributed by atoms with E-state index < -0.39 is 10.0 Å². The Kier molecular flexibility index (Phi) is 3.60. The van der Waals surface area contributed by atoms with E-state index in [1.54, 1.807) is 11.2 Å². The lowest BCUT2D eigenvalue weighted by Gasteiger charge is -2.48. The van der Waals surface area contributed by atoms with Gasteiger partial charge in [0.05, 0.1) is 5.75 Å². The number of nitrogens with zero attached hydrogens (tertiary/aromatic N) is 2. The van der Waals surface area contributed by atoms with Crippen molar-refractivity contribution in [3.8, 4) is 0 Å². The van der Waals surface area contributed by atoms with Crippen LogP contribution in [-0.2, 0) is 16.6 Å². The second kappa shape index (κ2) is 5.13. The van der Waals surface area contributed by atoms with Crippen LogP contribution in [0.2, 0.25) is 0 Å². The third-order valence-electron chi connectivity index (χ3n) is 4.53. The van der Waals surface area contributed by atoms with Crippen molar-refractivity contribution in [3.63, 3.8) is 0 Å². The topological polar surface area (TPSA) is 40.6 Å². The first-order chi connectivity index (χ1) is 9.53. The Hall–Kier alpha value is -0.910. The monoisotopic (exact) mass is 294 g/mol. The summed E-state index contributed by atoms with van der Waals surface area (Å²) in [4.78, 5) is 2.41. The number of hydrogen-bond acceptors (Lipinski definition) is 3. The van der Waals surface area contributed by atoms with Crippen molar-refractivity contribution in [3.05, 3.63) is 35.9 Å². The maximum atomic E-state index is 11.9. The molecule has 3 rings (SSSR count). The van der Waals surface area contributed by atoms with Gasteiger partial charge in [-0.2, -0.15) is 0 Å². The van der Waals surface area contributed by atoms with Crippen LogP contribution in [0, 0.1) is 5.41 Å². The molecule has 0 bridgehead atoms. The zero-order valence-electron chi connectivity index (χ0n) is 12.0. The Morgan fingerprint density at radius 3 is 2.50 bits per heavy atom. The van der Waals surface area contributed by atoms with Gasteiger partial charge < -0.3 is 0 Å². The summed E-state index contributed by atoms with van der Waals surface area (Å²) in [6, 6.07) is 10.5. The maximum absolute atomic E-state index is 11.9. The fourth-order valence-corrected chi connectivity index (χ4v) is 4.63. The molecule has 0 aliphatic carbocycles. The molecule has 110 valence electrons. The average molecular weight is 294 g/mol. The van der Waals surface area contributed by atoms with Crippen LogP contribution in [0.4, 0.5) is 0 Å². The SMILES string of the molecule is CCS(=O)(=O)N1CCC2(CN(Cc3ccccc3)C2)C1. The molecule has 0 amide bonds. The molecule has 0 radical (unpaired) electrons. The lowest BCUT2D eigenvalue weighted by atomic mass is 9.79. The smallest absolute Gasteiger partial charge is 0.213 e. The lowest BCUT2D eigenvalue weighted by molar-refractivity contribution is 0.00652. The van der Waals surface area contributed by atoms with Crippen molar-refractivity contribution in [1.82, 2.24) is 9.21 Å². The van der Waals surface area contributed by atoms with E-state index in [0.29, 0.717) is 13.1 Å². The molecule has 0 aromatic heterocycles. The van der Waals surface area contributed by atoms with Crippen molar-refractivity contribution >= 4 is 10.0 Å². The second-order valence-electron chi connectivity index (χ2n) is 6.11. The van der Waals surface area contributed by atoms with Crippen LogP contribution in [0.1, 0.15) is 18.9 Å². The van der Waals surface area contributed by atoms with Gasteiger partial charge in [-0.25, -0.2) is 12.7 Å². The second-order valence-corrected chi connectivity index (χ2v) is 8.37. The molecule has 2 fully saturated rings. The minimum atomic E-state index is -3.01. The summed E-state index contributed by atoms with van der Waals surface area (Å²) in [5, 5.41) is 0.